The molecular weight excluding hydrogens is 501 g/mol. The fraction of sp³-hybridized carbons (Fsp3) is 0.333. The maximum atomic E-state index is 12.6. The number of rotatable bonds is 9. The molecule has 0 aliphatic rings. The van der Waals surface area contributed by atoms with Crippen LogP contribution in [-0.2, 0) is 13.1 Å². The second-order valence-electron chi connectivity index (χ2n) is 5.53. The van der Waals surface area contributed by atoms with Gasteiger partial charge in [-0.05, 0) is 37.3 Å². The van der Waals surface area contributed by atoms with Gasteiger partial charge in [0.1, 0.15) is 17.3 Å². The number of aliphatic imine (C=N–C) groups is 1. The normalized spacial score (nSPS) is 11.0. The quantitative estimate of drug-likeness (QED) is 0.265. The largest absolute Gasteiger partial charge is 0.497 e. The first kappa shape index (κ1) is 24.5. The first-order chi connectivity index (χ1) is 13.4. The van der Waals surface area contributed by atoms with Gasteiger partial charge in [0, 0.05) is 12.1 Å². The van der Waals surface area contributed by atoms with Crippen LogP contribution in [0.5, 0.6) is 11.5 Å². The zero-order valence-corrected chi connectivity index (χ0v) is 18.2. The molecule has 4 N–H and O–H groups in total. The van der Waals surface area contributed by atoms with Crippen molar-refractivity contribution in [3.05, 3.63) is 47.4 Å². The Morgan fingerprint density at radius 3 is 2.62 bits per heavy atom. The van der Waals surface area contributed by atoms with Gasteiger partial charge in [-0.25, -0.2) is 4.99 Å². The number of benzene rings is 1. The van der Waals surface area contributed by atoms with Crippen molar-refractivity contribution in [2.75, 3.05) is 13.7 Å². The van der Waals surface area contributed by atoms with E-state index in [1.54, 1.807) is 12.1 Å². The molecular formula is C18H23F2IN4O4. The van der Waals surface area contributed by atoms with Crippen LogP contribution in [0.2, 0.25) is 0 Å². The Labute approximate surface area is 183 Å². The number of carbonyl (C=O) groups excluding carboxylic acids is 1. The van der Waals surface area contributed by atoms with Gasteiger partial charge in [-0.2, -0.15) is 8.78 Å². The summed E-state index contributed by atoms with van der Waals surface area (Å²) >= 11 is 0. The lowest BCUT2D eigenvalue weighted by molar-refractivity contribution is -0.0504. The van der Waals surface area contributed by atoms with Crippen LogP contribution in [0.1, 0.15) is 28.8 Å². The molecule has 2 aromatic rings. The fourth-order valence-electron chi connectivity index (χ4n) is 2.30. The van der Waals surface area contributed by atoms with Crippen LogP contribution in [0.15, 0.2) is 39.7 Å². The van der Waals surface area contributed by atoms with Crippen molar-refractivity contribution in [3.63, 3.8) is 0 Å². The molecule has 0 atom stereocenters. The maximum absolute atomic E-state index is 12.6. The third-order valence-corrected chi connectivity index (χ3v) is 3.57. The van der Waals surface area contributed by atoms with Crippen molar-refractivity contribution < 1.29 is 27.5 Å². The average Bonchev–Trinajstić information content (AvgIpc) is 3.14. The standard InChI is InChI=1S/C18H22F2N4O4.HI/c1-3-22-18(24-10-13-5-7-15(27-13)16(21)25)23-9-11-8-12(26-2)4-6-14(11)28-17(19)20;/h4-8,17H,3,9-10H2,1-2H3,(H2,21,25)(H2,22,23,24);1H. The predicted molar refractivity (Wildman–Crippen MR) is 114 cm³/mol. The van der Waals surface area contributed by atoms with Gasteiger partial charge in [0.05, 0.1) is 20.2 Å². The molecule has 0 unspecified atom stereocenters. The summed E-state index contributed by atoms with van der Waals surface area (Å²) in [5, 5.41) is 6.05. The summed E-state index contributed by atoms with van der Waals surface area (Å²) in [7, 11) is 1.48. The van der Waals surface area contributed by atoms with Gasteiger partial charge in [0.25, 0.3) is 5.91 Å². The second-order valence-corrected chi connectivity index (χ2v) is 5.53. The van der Waals surface area contributed by atoms with Gasteiger partial charge in [-0.15, -0.1) is 24.0 Å². The van der Waals surface area contributed by atoms with Crippen LogP contribution in [0.3, 0.4) is 0 Å². The number of nitrogens with two attached hydrogens (primary N) is 1. The van der Waals surface area contributed by atoms with Crippen molar-refractivity contribution in [1.29, 1.82) is 0 Å². The van der Waals surface area contributed by atoms with Crippen LogP contribution in [-0.4, -0.2) is 32.1 Å². The fourth-order valence-corrected chi connectivity index (χ4v) is 2.30. The molecule has 8 nitrogen and oxygen atoms in total. The molecule has 1 aromatic heterocycles. The number of ether oxygens (including phenoxy) is 2. The van der Waals surface area contributed by atoms with Gasteiger partial charge in [-0.1, -0.05) is 0 Å². The monoisotopic (exact) mass is 524 g/mol. The minimum atomic E-state index is -2.94. The van der Waals surface area contributed by atoms with Gasteiger partial charge >= 0.3 is 6.61 Å². The predicted octanol–water partition coefficient (Wildman–Crippen LogP) is 2.86. The lowest BCUT2D eigenvalue weighted by Crippen LogP contribution is -2.36. The minimum absolute atomic E-state index is 0. The summed E-state index contributed by atoms with van der Waals surface area (Å²) < 4.78 is 40.2. The van der Waals surface area contributed by atoms with E-state index in [0.29, 0.717) is 29.6 Å². The van der Waals surface area contributed by atoms with E-state index in [2.05, 4.69) is 20.4 Å². The summed E-state index contributed by atoms with van der Waals surface area (Å²) in [5.74, 6) is 0.833. The molecule has 0 bridgehead atoms. The highest BCUT2D eigenvalue weighted by molar-refractivity contribution is 14.0. The molecule has 29 heavy (non-hydrogen) atoms. The molecule has 160 valence electrons. The molecule has 0 radical (unpaired) electrons. The summed E-state index contributed by atoms with van der Waals surface area (Å²) in [6.45, 7) is -0.168. The van der Waals surface area contributed by atoms with Crippen LogP contribution in [0.25, 0.3) is 0 Å². The van der Waals surface area contributed by atoms with Crippen molar-refractivity contribution in [3.8, 4) is 11.5 Å². The Kier molecular flexibility index (Phi) is 10.2. The van der Waals surface area contributed by atoms with E-state index < -0.39 is 12.5 Å². The maximum Gasteiger partial charge on any atom is 0.387 e. The van der Waals surface area contributed by atoms with Gasteiger partial charge in [0.15, 0.2) is 11.7 Å². The summed E-state index contributed by atoms with van der Waals surface area (Å²) in [4.78, 5) is 15.4. The number of amides is 1. The highest BCUT2D eigenvalue weighted by atomic mass is 127. The number of hydrogen-bond donors (Lipinski definition) is 3. The number of guanidine groups is 1. The van der Waals surface area contributed by atoms with Crippen molar-refractivity contribution in [2.24, 2.45) is 10.7 Å². The van der Waals surface area contributed by atoms with Gasteiger partial charge < -0.3 is 30.3 Å². The number of halogens is 3. The lowest BCUT2D eigenvalue weighted by Gasteiger charge is -2.13. The van der Waals surface area contributed by atoms with E-state index in [9.17, 15) is 13.6 Å². The summed E-state index contributed by atoms with van der Waals surface area (Å²) in [5.41, 5.74) is 5.59. The Balaban J connectivity index is 0.00000420. The minimum Gasteiger partial charge on any atom is -0.497 e. The van der Waals surface area contributed by atoms with Crippen molar-refractivity contribution in [2.45, 2.75) is 26.6 Å². The van der Waals surface area contributed by atoms with Crippen LogP contribution in [0, 0.1) is 0 Å². The number of furan rings is 1. The number of hydrogen-bond acceptors (Lipinski definition) is 5. The molecule has 1 heterocycles. The van der Waals surface area contributed by atoms with Crippen LogP contribution in [0.4, 0.5) is 8.78 Å². The molecule has 1 aromatic carbocycles. The first-order valence-electron chi connectivity index (χ1n) is 8.45. The molecule has 0 saturated heterocycles. The molecule has 0 saturated carbocycles. The number of carbonyl (C=O) groups is 1. The van der Waals surface area contributed by atoms with Gasteiger partial charge in [-0.3, -0.25) is 4.79 Å². The zero-order valence-electron chi connectivity index (χ0n) is 15.9. The number of nitrogens with zero attached hydrogens (tertiary/aromatic N) is 1. The van der Waals surface area contributed by atoms with Crippen molar-refractivity contribution in [1.82, 2.24) is 10.6 Å². The van der Waals surface area contributed by atoms with E-state index >= 15 is 0 Å². The topological polar surface area (TPSA) is 111 Å². The molecule has 11 heteroatoms. The number of nitrogens with one attached hydrogen (secondary N) is 2. The Morgan fingerprint density at radius 2 is 2.03 bits per heavy atom. The first-order valence-corrected chi connectivity index (χ1v) is 8.45. The molecule has 0 spiro atoms. The molecule has 0 aliphatic heterocycles. The van der Waals surface area contributed by atoms with Crippen LogP contribution < -0.4 is 25.8 Å². The average molecular weight is 524 g/mol. The van der Waals surface area contributed by atoms with Crippen molar-refractivity contribution >= 4 is 35.8 Å². The third-order valence-electron chi connectivity index (χ3n) is 3.57. The van der Waals surface area contributed by atoms with Gasteiger partial charge in [0.2, 0.25) is 0 Å². The van der Waals surface area contributed by atoms with E-state index in [4.69, 9.17) is 14.9 Å². The second kappa shape index (κ2) is 12.1. The molecule has 2 rings (SSSR count). The summed E-state index contributed by atoms with van der Waals surface area (Å²) in [6, 6.07) is 7.61. The SMILES string of the molecule is CCNC(=NCc1cc(OC)ccc1OC(F)F)NCc1ccc(C(N)=O)o1.I. The highest BCUT2D eigenvalue weighted by Crippen LogP contribution is 2.26. The van der Waals surface area contributed by atoms with Crippen LogP contribution >= 0.6 is 24.0 Å². The Hall–Kier alpha value is -2.57. The molecule has 1 amide bonds. The molecule has 0 fully saturated rings. The summed E-state index contributed by atoms with van der Waals surface area (Å²) in [6.07, 6.45) is 0. The molecule has 0 aliphatic carbocycles. The van der Waals surface area contributed by atoms with E-state index in [1.165, 1.54) is 25.3 Å². The Bertz CT molecular complexity index is 830. The van der Waals surface area contributed by atoms with E-state index in [1.807, 2.05) is 6.92 Å². The van der Waals surface area contributed by atoms with E-state index in [0.717, 1.165) is 0 Å². The number of alkyl halides is 2. The Morgan fingerprint density at radius 1 is 1.28 bits per heavy atom. The lowest BCUT2D eigenvalue weighted by atomic mass is 10.2. The van der Waals surface area contributed by atoms with E-state index in [-0.39, 0.29) is 48.6 Å². The highest BCUT2D eigenvalue weighted by Gasteiger charge is 2.12. The zero-order chi connectivity index (χ0) is 20.5. The smallest absolute Gasteiger partial charge is 0.387 e. The number of primary amides is 1. The third kappa shape index (κ3) is 7.75. The number of methoxy groups -OCH3 is 1.